The predicted molar refractivity (Wildman–Crippen MR) is 71.0 cm³/mol. The van der Waals surface area contributed by atoms with E-state index in [0.29, 0.717) is 13.1 Å². The van der Waals surface area contributed by atoms with Crippen LogP contribution in [-0.4, -0.2) is 42.4 Å². The molecule has 3 N–H and O–H groups in total. The molecule has 2 amide bonds. The normalized spacial score (nSPS) is 19.3. The van der Waals surface area contributed by atoms with Crippen molar-refractivity contribution in [2.45, 2.75) is 6.04 Å². The number of nitrogens with one attached hydrogen (secondary N) is 1. The van der Waals surface area contributed by atoms with Crippen LogP contribution in [0.5, 0.6) is 0 Å². The van der Waals surface area contributed by atoms with E-state index in [9.17, 15) is 14.0 Å². The van der Waals surface area contributed by atoms with Crippen LogP contribution in [0.3, 0.4) is 0 Å². The third kappa shape index (κ3) is 2.76. The molecule has 1 saturated heterocycles. The van der Waals surface area contributed by atoms with Crippen molar-refractivity contribution in [3.63, 3.8) is 0 Å². The minimum atomic E-state index is -0.750. The summed E-state index contributed by atoms with van der Waals surface area (Å²) >= 11 is 3.03. The zero-order chi connectivity index (χ0) is 14.0. The fraction of sp³-hybridized carbons (Fsp3) is 0.333. The quantitative estimate of drug-likeness (QED) is 0.829. The number of hydrogen-bond acceptors (Lipinski definition) is 3. The summed E-state index contributed by atoms with van der Waals surface area (Å²) in [6.07, 6.45) is 0. The smallest absolute Gasteiger partial charge is 0.257 e. The molecular formula is C12H13BrFN3O2. The zero-order valence-corrected chi connectivity index (χ0v) is 11.6. The van der Waals surface area contributed by atoms with Gasteiger partial charge in [0.05, 0.1) is 10.0 Å². The molecule has 1 atom stereocenters. The van der Waals surface area contributed by atoms with Gasteiger partial charge in [0.1, 0.15) is 11.9 Å². The molecule has 0 bridgehead atoms. The van der Waals surface area contributed by atoms with Crippen LogP contribution in [0.25, 0.3) is 0 Å². The van der Waals surface area contributed by atoms with Gasteiger partial charge in [0.25, 0.3) is 5.91 Å². The number of hydrogen-bond donors (Lipinski definition) is 2. The summed E-state index contributed by atoms with van der Waals surface area (Å²) in [6.45, 7) is 1.15. The lowest BCUT2D eigenvalue weighted by atomic mass is 10.1. The van der Waals surface area contributed by atoms with Gasteiger partial charge in [0.15, 0.2) is 0 Å². The number of rotatable bonds is 2. The van der Waals surface area contributed by atoms with Gasteiger partial charge < -0.3 is 16.0 Å². The van der Waals surface area contributed by atoms with Crippen molar-refractivity contribution in [1.82, 2.24) is 10.2 Å². The Hall–Kier alpha value is -1.47. The number of carbonyl (C=O) groups is 2. The largest absolute Gasteiger partial charge is 0.368 e. The molecule has 1 unspecified atom stereocenters. The molecule has 1 aliphatic heterocycles. The molecule has 1 heterocycles. The van der Waals surface area contributed by atoms with Crippen LogP contribution in [0.1, 0.15) is 10.4 Å². The standard InChI is InChI=1S/C12H13BrFN3O2/c13-8-3-1-2-7(10(8)14)12(19)17-5-4-16-6-9(17)11(15)18/h1-3,9,16H,4-6H2,(H2,15,18). The second-order valence-electron chi connectivity index (χ2n) is 4.22. The fourth-order valence-electron chi connectivity index (χ4n) is 2.03. The molecule has 0 aliphatic carbocycles. The van der Waals surface area contributed by atoms with E-state index in [1.165, 1.54) is 17.0 Å². The molecule has 0 radical (unpaired) electrons. The van der Waals surface area contributed by atoms with E-state index in [-0.39, 0.29) is 16.6 Å². The number of piperazine rings is 1. The Morgan fingerprint density at radius 2 is 2.21 bits per heavy atom. The molecule has 102 valence electrons. The molecule has 7 heteroatoms. The minimum Gasteiger partial charge on any atom is -0.368 e. The summed E-state index contributed by atoms with van der Waals surface area (Å²) in [5, 5.41) is 2.98. The number of amides is 2. The van der Waals surface area contributed by atoms with Gasteiger partial charge in [-0.3, -0.25) is 9.59 Å². The summed E-state index contributed by atoms with van der Waals surface area (Å²) in [5.74, 6) is -1.76. The van der Waals surface area contributed by atoms with E-state index in [2.05, 4.69) is 21.2 Å². The summed E-state index contributed by atoms with van der Waals surface area (Å²) in [6, 6.07) is 3.72. The van der Waals surface area contributed by atoms with Crippen molar-refractivity contribution >= 4 is 27.7 Å². The molecule has 5 nitrogen and oxygen atoms in total. The first-order valence-electron chi connectivity index (χ1n) is 5.77. The predicted octanol–water partition coefficient (Wildman–Crippen LogP) is 0.488. The summed E-state index contributed by atoms with van der Waals surface area (Å²) in [7, 11) is 0. The minimum absolute atomic E-state index is 0.0671. The van der Waals surface area contributed by atoms with Crippen molar-refractivity contribution < 1.29 is 14.0 Å². The molecule has 0 spiro atoms. The lowest BCUT2D eigenvalue weighted by molar-refractivity contribution is -0.122. The number of nitrogens with two attached hydrogens (primary N) is 1. The Morgan fingerprint density at radius 1 is 1.47 bits per heavy atom. The fourth-order valence-corrected chi connectivity index (χ4v) is 2.39. The summed E-state index contributed by atoms with van der Waals surface area (Å²) in [4.78, 5) is 25.0. The molecular weight excluding hydrogens is 317 g/mol. The van der Waals surface area contributed by atoms with Crippen molar-refractivity contribution in [3.05, 3.63) is 34.1 Å². The lowest BCUT2D eigenvalue weighted by Gasteiger charge is -2.34. The van der Waals surface area contributed by atoms with Crippen molar-refractivity contribution in [2.75, 3.05) is 19.6 Å². The first kappa shape index (κ1) is 14.0. The van der Waals surface area contributed by atoms with Crippen molar-refractivity contribution in [1.29, 1.82) is 0 Å². The molecule has 0 aromatic heterocycles. The van der Waals surface area contributed by atoms with Crippen molar-refractivity contribution in [3.8, 4) is 0 Å². The number of nitrogens with zero attached hydrogens (tertiary/aromatic N) is 1. The summed E-state index contributed by atoms with van der Waals surface area (Å²) < 4.78 is 14.1. The topological polar surface area (TPSA) is 75.4 Å². The van der Waals surface area contributed by atoms with E-state index in [4.69, 9.17) is 5.73 Å². The van der Waals surface area contributed by atoms with Crippen LogP contribution in [0, 0.1) is 5.82 Å². The maximum Gasteiger partial charge on any atom is 0.257 e. The second kappa shape index (κ2) is 5.66. The van der Waals surface area contributed by atoms with E-state index >= 15 is 0 Å². The van der Waals surface area contributed by atoms with Crippen LogP contribution in [0.15, 0.2) is 22.7 Å². The van der Waals surface area contributed by atoms with E-state index in [0.717, 1.165) is 0 Å². The van der Waals surface area contributed by atoms with Crippen LogP contribution < -0.4 is 11.1 Å². The van der Waals surface area contributed by atoms with Gasteiger partial charge >= 0.3 is 0 Å². The molecule has 0 saturated carbocycles. The highest BCUT2D eigenvalue weighted by atomic mass is 79.9. The lowest BCUT2D eigenvalue weighted by Crippen LogP contribution is -2.58. The van der Waals surface area contributed by atoms with Gasteiger partial charge in [0.2, 0.25) is 5.91 Å². The number of primary amides is 1. The first-order valence-corrected chi connectivity index (χ1v) is 6.56. The van der Waals surface area contributed by atoms with Gasteiger partial charge in [-0.1, -0.05) is 6.07 Å². The maximum absolute atomic E-state index is 13.9. The first-order chi connectivity index (χ1) is 9.02. The van der Waals surface area contributed by atoms with Gasteiger partial charge in [-0.25, -0.2) is 4.39 Å². The van der Waals surface area contributed by atoms with E-state index < -0.39 is 23.7 Å². The average Bonchev–Trinajstić information content (AvgIpc) is 2.41. The van der Waals surface area contributed by atoms with Gasteiger partial charge in [-0.05, 0) is 28.1 Å². The molecule has 1 aliphatic rings. The Balaban J connectivity index is 2.31. The summed E-state index contributed by atoms with van der Waals surface area (Å²) in [5.41, 5.74) is 5.20. The third-order valence-electron chi connectivity index (χ3n) is 3.01. The van der Waals surface area contributed by atoms with Crippen molar-refractivity contribution in [2.24, 2.45) is 5.73 Å². The molecule has 2 rings (SSSR count). The van der Waals surface area contributed by atoms with Gasteiger partial charge in [-0.2, -0.15) is 0 Å². The Morgan fingerprint density at radius 3 is 2.89 bits per heavy atom. The Kier molecular flexibility index (Phi) is 4.16. The third-order valence-corrected chi connectivity index (χ3v) is 3.63. The van der Waals surface area contributed by atoms with Gasteiger partial charge in [-0.15, -0.1) is 0 Å². The highest BCUT2D eigenvalue weighted by molar-refractivity contribution is 9.10. The number of benzene rings is 1. The molecule has 19 heavy (non-hydrogen) atoms. The van der Waals surface area contributed by atoms with Gasteiger partial charge in [0, 0.05) is 19.6 Å². The van der Waals surface area contributed by atoms with Crippen LogP contribution >= 0.6 is 15.9 Å². The van der Waals surface area contributed by atoms with Crippen LogP contribution in [0.2, 0.25) is 0 Å². The van der Waals surface area contributed by atoms with Crippen LogP contribution in [-0.2, 0) is 4.79 Å². The zero-order valence-electron chi connectivity index (χ0n) is 10.0. The Bertz CT molecular complexity index is 524. The van der Waals surface area contributed by atoms with Crippen LogP contribution in [0.4, 0.5) is 4.39 Å². The number of carbonyl (C=O) groups excluding carboxylic acids is 2. The SMILES string of the molecule is NC(=O)C1CNCCN1C(=O)c1cccc(Br)c1F. The number of halogens is 2. The highest BCUT2D eigenvalue weighted by Gasteiger charge is 2.32. The van der Waals surface area contributed by atoms with E-state index in [1.807, 2.05) is 0 Å². The maximum atomic E-state index is 13.9. The Labute approximate surface area is 118 Å². The monoisotopic (exact) mass is 329 g/mol. The van der Waals surface area contributed by atoms with E-state index in [1.54, 1.807) is 6.07 Å². The highest BCUT2D eigenvalue weighted by Crippen LogP contribution is 2.21. The second-order valence-corrected chi connectivity index (χ2v) is 5.08. The molecule has 1 fully saturated rings. The molecule has 1 aromatic rings. The molecule has 1 aromatic carbocycles. The average molecular weight is 330 g/mol.